The van der Waals surface area contributed by atoms with Gasteiger partial charge < -0.3 is 14.6 Å². The van der Waals surface area contributed by atoms with E-state index in [1.807, 2.05) is 23.3 Å². The Labute approximate surface area is 158 Å². The van der Waals surface area contributed by atoms with E-state index in [9.17, 15) is 0 Å². The van der Waals surface area contributed by atoms with Crippen LogP contribution in [-0.4, -0.2) is 44.2 Å². The molecule has 0 spiro atoms. The Kier molecular flexibility index (Phi) is 4.47. The van der Waals surface area contributed by atoms with Crippen molar-refractivity contribution in [2.75, 3.05) is 19.7 Å². The third-order valence-corrected chi connectivity index (χ3v) is 5.59. The van der Waals surface area contributed by atoms with Crippen LogP contribution >= 0.6 is 0 Å². The number of imidazole rings is 1. The van der Waals surface area contributed by atoms with Crippen LogP contribution in [-0.2, 0) is 17.7 Å². The van der Waals surface area contributed by atoms with Crippen LogP contribution in [0.4, 0.5) is 0 Å². The molecule has 1 N–H and O–H groups in total. The lowest BCUT2D eigenvalue weighted by Crippen LogP contribution is -2.29. The first kappa shape index (κ1) is 16.6. The quantitative estimate of drug-likeness (QED) is 0.770. The maximum atomic E-state index is 6.07. The maximum absolute atomic E-state index is 6.07. The van der Waals surface area contributed by atoms with Crippen LogP contribution in [0.15, 0.2) is 42.9 Å². The molecule has 1 saturated heterocycles. The second-order valence-corrected chi connectivity index (χ2v) is 7.28. The second-order valence-electron chi connectivity index (χ2n) is 7.28. The fraction of sp³-hybridized carbons (Fsp3) is 0.450. The van der Waals surface area contributed by atoms with Gasteiger partial charge in [0.1, 0.15) is 11.8 Å². The molecule has 0 radical (unpaired) electrons. The molecule has 0 amide bonds. The molecular formula is C20H24N6O. The summed E-state index contributed by atoms with van der Waals surface area (Å²) in [4.78, 5) is 4.55. The lowest BCUT2D eigenvalue weighted by atomic mass is 9.97. The molecule has 1 atom stereocenters. The topological polar surface area (TPSA) is 69.8 Å². The predicted molar refractivity (Wildman–Crippen MR) is 101 cm³/mol. The minimum atomic E-state index is 0.0439. The van der Waals surface area contributed by atoms with Crippen molar-refractivity contribution in [3.8, 4) is 11.5 Å². The van der Waals surface area contributed by atoms with Crippen molar-refractivity contribution in [3.63, 3.8) is 0 Å². The summed E-state index contributed by atoms with van der Waals surface area (Å²) in [6.07, 6.45) is 9.06. The molecule has 4 heterocycles. The molecule has 7 heteroatoms. The van der Waals surface area contributed by atoms with E-state index in [0.717, 1.165) is 57.0 Å². The van der Waals surface area contributed by atoms with E-state index in [-0.39, 0.29) is 6.10 Å². The molecule has 7 nitrogen and oxygen atoms in total. The van der Waals surface area contributed by atoms with Crippen LogP contribution in [0.1, 0.15) is 36.1 Å². The zero-order valence-electron chi connectivity index (χ0n) is 15.3. The van der Waals surface area contributed by atoms with Gasteiger partial charge in [-0.25, -0.2) is 9.67 Å². The average Bonchev–Trinajstić information content (AvgIpc) is 3.38. The monoisotopic (exact) mass is 364 g/mol. The van der Waals surface area contributed by atoms with Gasteiger partial charge in [0.05, 0.1) is 25.4 Å². The highest BCUT2D eigenvalue weighted by Crippen LogP contribution is 2.29. The van der Waals surface area contributed by atoms with Gasteiger partial charge in [-0.1, -0.05) is 29.5 Å². The first-order valence-corrected chi connectivity index (χ1v) is 9.72. The molecule has 1 unspecified atom stereocenters. The van der Waals surface area contributed by atoms with E-state index in [4.69, 9.17) is 4.74 Å². The maximum Gasteiger partial charge on any atom is 0.162 e. The lowest BCUT2D eigenvalue weighted by molar-refractivity contribution is 0.0309. The summed E-state index contributed by atoms with van der Waals surface area (Å²) >= 11 is 0. The first-order chi connectivity index (χ1) is 13.4. The van der Waals surface area contributed by atoms with Gasteiger partial charge in [-0.15, -0.1) is 5.10 Å². The van der Waals surface area contributed by atoms with E-state index >= 15 is 0 Å². The Hall–Kier alpha value is -2.51. The number of piperidine rings is 1. The van der Waals surface area contributed by atoms with Gasteiger partial charge in [0.2, 0.25) is 0 Å². The van der Waals surface area contributed by atoms with Crippen molar-refractivity contribution in [2.45, 2.75) is 38.0 Å². The number of fused-ring (bicyclic) bond motifs is 1. The molecule has 2 aromatic heterocycles. The summed E-state index contributed by atoms with van der Waals surface area (Å²) in [6.45, 7) is 3.56. The van der Waals surface area contributed by atoms with E-state index in [1.54, 1.807) is 0 Å². The molecule has 3 aromatic rings. The largest absolute Gasteiger partial charge is 0.371 e. The molecule has 1 aromatic carbocycles. The standard InChI is InChI=1S/C20H24N6O/c1-2-4-17-15(3-1)7-12-27-19(17)14-25-11-10-22-20(25)18-13-26(24-23-18)16-5-8-21-9-6-16/h1-4,10-11,13,16,19,21H,5-9,12,14H2. The number of hydrogen-bond donors (Lipinski definition) is 1. The van der Waals surface area contributed by atoms with E-state index in [1.165, 1.54) is 11.1 Å². The van der Waals surface area contributed by atoms with Gasteiger partial charge in [-0.05, 0) is 43.5 Å². The SMILES string of the molecule is c1ccc2c(c1)CCOC2Cn1ccnc1-c1cn(C2CCNCC2)nn1. The Morgan fingerprint density at radius 2 is 2.07 bits per heavy atom. The molecular weight excluding hydrogens is 340 g/mol. The van der Waals surface area contributed by atoms with Crippen molar-refractivity contribution >= 4 is 0 Å². The summed E-state index contributed by atoms with van der Waals surface area (Å²) in [5.74, 6) is 0.849. The Bertz CT molecular complexity index is 911. The number of nitrogens with one attached hydrogen (secondary N) is 1. The lowest BCUT2D eigenvalue weighted by Gasteiger charge is -2.26. The van der Waals surface area contributed by atoms with Gasteiger partial charge in [-0.2, -0.15) is 0 Å². The number of benzene rings is 1. The smallest absolute Gasteiger partial charge is 0.162 e. The molecule has 0 aliphatic carbocycles. The minimum absolute atomic E-state index is 0.0439. The molecule has 140 valence electrons. The van der Waals surface area contributed by atoms with E-state index < -0.39 is 0 Å². The highest BCUT2D eigenvalue weighted by molar-refractivity contribution is 5.47. The molecule has 1 fully saturated rings. The van der Waals surface area contributed by atoms with Crippen molar-refractivity contribution in [3.05, 3.63) is 54.0 Å². The van der Waals surface area contributed by atoms with Crippen molar-refractivity contribution in [1.29, 1.82) is 0 Å². The van der Waals surface area contributed by atoms with Gasteiger partial charge in [0.25, 0.3) is 0 Å². The van der Waals surface area contributed by atoms with Crippen LogP contribution in [0, 0.1) is 0 Å². The Morgan fingerprint density at radius 3 is 3.00 bits per heavy atom. The summed E-state index contributed by atoms with van der Waals surface area (Å²) in [6, 6.07) is 8.97. The highest BCUT2D eigenvalue weighted by Gasteiger charge is 2.23. The molecule has 2 aliphatic rings. The normalized spacial score (nSPS) is 20.5. The van der Waals surface area contributed by atoms with Gasteiger partial charge in [0, 0.05) is 12.4 Å². The zero-order chi connectivity index (χ0) is 18.1. The number of ether oxygens (including phenoxy) is 1. The number of rotatable bonds is 4. The van der Waals surface area contributed by atoms with Crippen molar-refractivity contribution in [2.24, 2.45) is 0 Å². The molecule has 0 bridgehead atoms. The Balaban J connectivity index is 1.38. The first-order valence-electron chi connectivity index (χ1n) is 9.72. The van der Waals surface area contributed by atoms with Crippen molar-refractivity contribution < 1.29 is 4.74 Å². The van der Waals surface area contributed by atoms with Gasteiger partial charge in [-0.3, -0.25) is 0 Å². The fourth-order valence-corrected chi connectivity index (χ4v) is 4.13. The second kappa shape index (κ2) is 7.25. The van der Waals surface area contributed by atoms with Crippen LogP contribution in [0.2, 0.25) is 0 Å². The van der Waals surface area contributed by atoms with Gasteiger partial charge >= 0.3 is 0 Å². The predicted octanol–water partition coefficient (Wildman–Crippen LogP) is 2.38. The molecule has 27 heavy (non-hydrogen) atoms. The average molecular weight is 364 g/mol. The third kappa shape index (κ3) is 3.28. The summed E-state index contributed by atoms with van der Waals surface area (Å²) < 4.78 is 10.2. The van der Waals surface area contributed by atoms with Crippen LogP contribution in [0.3, 0.4) is 0 Å². The van der Waals surface area contributed by atoms with Crippen LogP contribution in [0.25, 0.3) is 11.5 Å². The summed E-state index contributed by atoms with van der Waals surface area (Å²) in [5, 5.41) is 12.2. The molecule has 0 saturated carbocycles. The molecule has 2 aliphatic heterocycles. The Morgan fingerprint density at radius 1 is 1.19 bits per heavy atom. The van der Waals surface area contributed by atoms with Crippen molar-refractivity contribution in [1.82, 2.24) is 29.9 Å². The van der Waals surface area contributed by atoms with Gasteiger partial charge in [0.15, 0.2) is 5.82 Å². The number of nitrogens with zero attached hydrogens (tertiary/aromatic N) is 5. The van der Waals surface area contributed by atoms with E-state index in [2.05, 4.69) is 49.4 Å². The van der Waals surface area contributed by atoms with Crippen LogP contribution < -0.4 is 5.32 Å². The van der Waals surface area contributed by atoms with E-state index in [0.29, 0.717) is 6.04 Å². The number of aromatic nitrogens is 5. The summed E-state index contributed by atoms with van der Waals surface area (Å²) in [7, 11) is 0. The molecule has 5 rings (SSSR count). The van der Waals surface area contributed by atoms with Crippen LogP contribution in [0.5, 0.6) is 0 Å². The fourth-order valence-electron chi connectivity index (χ4n) is 4.13. The third-order valence-electron chi connectivity index (χ3n) is 5.59. The minimum Gasteiger partial charge on any atom is -0.371 e. The number of hydrogen-bond acceptors (Lipinski definition) is 5. The summed E-state index contributed by atoms with van der Waals surface area (Å²) in [5.41, 5.74) is 3.48. The highest BCUT2D eigenvalue weighted by atomic mass is 16.5. The zero-order valence-corrected chi connectivity index (χ0v) is 15.3.